The Morgan fingerprint density at radius 2 is 2.23 bits per heavy atom. The van der Waals surface area contributed by atoms with Crippen LogP contribution in [0.1, 0.15) is 39.0 Å². The van der Waals surface area contributed by atoms with Crippen molar-refractivity contribution >= 4 is 5.78 Å². The normalized spacial score (nSPS) is 52.7. The van der Waals surface area contributed by atoms with E-state index in [-0.39, 0.29) is 5.41 Å². The van der Waals surface area contributed by atoms with E-state index in [1.165, 1.54) is 25.7 Å². The van der Waals surface area contributed by atoms with E-state index in [1.807, 2.05) is 6.08 Å². The maximum Gasteiger partial charge on any atom is 0.162 e. The fourth-order valence-electron chi connectivity index (χ4n) is 4.27. The Bertz CT molecular complexity index is 304. The molecule has 0 radical (unpaired) electrons. The van der Waals surface area contributed by atoms with Crippen molar-refractivity contribution < 1.29 is 4.79 Å². The van der Waals surface area contributed by atoms with Crippen LogP contribution in [0.5, 0.6) is 0 Å². The maximum absolute atomic E-state index is 12.0. The van der Waals surface area contributed by atoms with Gasteiger partial charge in [-0.05, 0) is 37.7 Å². The van der Waals surface area contributed by atoms with Gasteiger partial charge in [-0.1, -0.05) is 19.4 Å². The third-order valence-corrected chi connectivity index (χ3v) is 4.94. The third-order valence-electron chi connectivity index (χ3n) is 4.94. The van der Waals surface area contributed by atoms with E-state index in [9.17, 15) is 4.79 Å². The quantitative estimate of drug-likeness (QED) is 0.554. The highest BCUT2D eigenvalue weighted by atomic mass is 16.1. The number of hydrogen-bond acceptors (Lipinski definition) is 1. The van der Waals surface area contributed by atoms with Crippen molar-refractivity contribution in [3.8, 4) is 0 Å². The summed E-state index contributed by atoms with van der Waals surface area (Å²) in [7, 11) is 0. The van der Waals surface area contributed by atoms with Crippen LogP contribution in [0.4, 0.5) is 0 Å². The van der Waals surface area contributed by atoms with Crippen molar-refractivity contribution in [2.24, 2.45) is 16.7 Å². The highest BCUT2D eigenvalue weighted by molar-refractivity contribution is 5.99. The van der Waals surface area contributed by atoms with Crippen LogP contribution in [-0.4, -0.2) is 5.78 Å². The lowest BCUT2D eigenvalue weighted by atomic mass is 9.66. The van der Waals surface area contributed by atoms with Crippen LogP contribution < -0.4 is 0 Å². The van der Waals surface area contributed by atoms with E-state index >= 15 is 0 Å². The Hall–Kier alpha value is -0.590. The molecule has 70 valence electrons. The number of hydrogen-bond donors (Lipinski definition) is 0. The molecule has 0 N–H and O–H groups in total. The number of carbonyl (C=O) groups excluding carboxylic acids is 1. The molecule has 3 rings (SSSR count). The van der Waals surface area contributed by atoms with E-state index in [0.29, 0.717) is 17.1 Å². The molecule has 0 saturated heterocycles. The largest absolute Gasteiger partial charge is 0.294 e. The zero-order valence-corrected chi connectivity index (χ0v) is 8.18. The van der Waals surface area contributed by atoms with Gasteiger partial charge < -0.3 is 0 Å². The molecule has 1 nitrogen and oxygen atoms in total. The van der Waals surface area contributed by atoms with Crippen molar-refractivity contribution in [1.29, 1.82) is 0 Å². The van der Waals surface area contributed by atoms with Crippen molar-refractivity contribution in [3.05, 3.63) is 12.2 Å². The predicted molar refractivity (Wildman–Crippen MR) is 51.3 cm³/mol. The molecule has 3 aliphatic carbocycles. The Balaban J connectivity index is 2.19. The fourth-order valence-corrected chi connectivity index (χ4v) is 4.27. The molecule has 0 unspecified atom stereocenters. The molecule has 1 heteroatoms. The van der Waals surface area contributed by atoms with Gasteiger partial charge in [-0.2, -0.15) is 0 Å². The molecule has 13 heavy (non-hydrogen) atoms. The first-order chi connectivity index (χ1) is 6.21. The van der Waals surface area contributed by atoms with Crippen molar-refractivity contribution in [3.63, 3.8) is 0 Å². The van der Waals surface area contributed by atoms with Crippen molar-refractivity contribution in [1.82, 2.24) is 0 Å². The van der Waals surface area contributed by atoms with E-state index in [2.05, 4.69) is 13.0 Å². The highest BCUT2D eigenvalue weighted by Gasteiger charge is 2.65. The topological polar surface area (TPSA) is 17.1 Å². The predicted octanol–water partition coefficient (Wildman–Crippen LogP) is 2.71. The lowest BCUT2D eigenvalue weighted by Gasteiger charge is -2.35. The minimum Gasteiger partial charge on any atom is -0.294 e. The van der Waals surface area contributed by atoms with Crippen LogP contribution in [0, 0.1) is 16.7 Å². The summed E-state index contributed by atoms with van der Waals surface area (Å²) in [4.78, 5) is 12.0. The number of rotatable bonds is 0. The van der Waals surface area contributed by atoms with Gasteiger partial charge in [0, 0.05) is 10.8 Å². The number of ketones is 1. The van der Waals surface area contributed by atoms with Crippen LogP contribution in [-0.2, 0) is 4.79 Å². The summed E-state index contributed by atoms with van der Waals surface area (Å²) in [5.74, 6) is 1.06. The minimum absolute atomic E-state index is 0.0625. The summed E-state index contributed by atoms with van der Waals surface area (Å²) >= 11 is 0. The summed E-state index contributed by atoms with van der Waals surface area (Å²) in [5, 5.41) is 0. The molecule has 0 heterocycles. The van der Waals surface area contributed by atoms with Crippen LogP contribution in [0.25, 0.3) is 0 Å². The van der Waals surface area contributed by atoms with E-state index in [1.54, 1.807) is 0 Å². The highest BCUT2D eigenvalue weighted by Crippen LogP contribution is 2.68. The monoisotopic (exact) mass is 176 g/mol. The molecule has 2 saturated carbocycles. The number of carbonyl (C=O) groups is 1. The molecule has 0 bridgehead atoms. The molecular weight excluding hydrogens is 160 g/mol. The summed E-state index contributed by atoms with van der Waals surface area (Å²) in [6.07, 6.45) is 10.3. The average molecular weight is 176 g/mol. The lowest BCUT2D eigenvalue weighted by Crippen LogP contribution is -2.37. The van der Waals surface area contributed by atoms with E-state index in [4.69, 9.17) is 0 Å². The van der Waals surface area contributed by atoms with Crippen LogP contribution >= 0.6 is 0 Å². The van der Waals surface area contributed by atoms with Gasteiger partial charge in [0.2, 0.25) is 0 Å². The second-order valence-electron chi connectivity index (χ2n) is 5.12. The second-order valence-corrected chi connectivity index (χ2v) is 5.12. The fraction of sp³-hybridized carbons (Fsp3) is 0.750. The third kappa shape index (κ3) is 0.619. The summed E-state index contributed by atoms with van der Waals surface area (Å²) in [6.45, 7) is 2.28. The van der Waals surface area contributed by atoms with Gasteiger partial charge in [0.05, 0.1) is 0 Å². The average Bonchev–Trinajstić information content (AvgIpc) is 2.67. The molecule has 0 aromatic rings. The van der Waals surface area contributed by atoms with Gasteiger partial charge >= 0.3 is 0 Å². The smallest absolute Gasteiger partial charge is 0.162 e. The maximum atomic E-state index is 12.0. The summed E-state index contributed by atoms with van der Waals surface area (Å²) in [5.41, 5.74) is 0.372. The first kappa shape index (κ1) is 7.78. The standard InChI is InChI=1S/C12H16O/c1-9-3-7-11-5-2-6-12(9,11)10(13)4-8-11/h4,8-9H,2-3,5-7H2,1H3/t9-,11-,12+/m0/s1. The number of allylic oxidation sites excluding steroid dienone is 2. The van der Waals surface area contributed by atoms with Crippen LogP contribution in [0.2, 0.25) is 0 Å². The van der Waals surface area contributed by atoms with Gasteiger partial charge in [0.25, 0.3) is 0 Å². The molecule has 2 fully saturated rings. The van der Waals surface area contributed by atoms with Gasteiger partial charge in [0.15, 0.2) is 5.78 Å². The minimum atomic E-state index is 0.0625. The molecule has 3 aliphatic rings. The van der Waals surface area contributed by atoms with Gasteiger partial charge in [-0.3, -0.25) is 4.79 Å². The Kier molecular flexibility index (Phi) is 1.24. The summed E-state index contributed by atoms with van der Waals surface area (Å²) < 4.78 is 0. The van der Waals surface area contributed by atoms with E-state index in [0.717, 1.165) is 6.42 Å². The lowest BCUT2D eigenvalue weighted by molar-refractivity contribution is -0.127. The first-order valence-corrected chi connectivity index (χ1v) is 5.45. The zero-order valence-electron chi connectivity index (χ0n) is 8.18. The SMILES string of the molecule is C[C@H]1CC[C@@]23C=CC(=O)[C@@]12CCC3. The molecule has 0 spiro atoms. The van der Waals surface area contributed by atoms with Gasteiger partial charge in [-0.25, -0.2) is 0 Å². The van der Waals surface area contributed by atoms with Crippen molar-refractivity contribution in [2.75, 3.05) is 0 Å². The van der Waals surface area contributed by atoms with Crippen molar-refractivity contribution in [2.45, 2.75) is 39.0 Å². The summed E-state index contributed by atoms with van der Waals surface area (Å²) in [6, 6.07) is 0. The second kappa shape index (κ2) is 2.08. The molecule has 0 aromatic heterocycles. The van der Waals surface area contributed by atoms with E-state index < -0.39 is 0 Å². The Morgan fingerprint density at radius 3 is 3.00 bits per heavy atom. The van der Waals surface area contributed by atoms with Crippen LogP contribution in [0.3, 0.4) is 0 Å². The Morgan fingerprint density at radius 1 is 1.38 bits per heavy atom. The first-order valence-electron chi connectivity index (χ1n) is 5.45. The molecule has 3 atom stereocenters. The van der Waals surface area contributed by atoms with Gasteiger partial charge in [-0.15, -0.1) is 0 Å². The van der Waals surface area contributed by atoms with Crippen LogP contribution in [0.15, 0.2) is 12.2 Å². The molecule has 0 aromatic carbocycles. The molecule has 0 aliphatic heterocycles. The molecular formula is C12H16O. The zero-order chi connectivity index (χ0) is 9.10. The Labute approximate surface area is 79.2 Å². The molecule has 0 amide bonds. The van der Waals surface area contributed by atoms with Gasteiger partial charge in [0.1, 0.15) is 0 Å².